The lowest BCUT2D eigenvalue weighted by Gasteiger charge is -2.00. The standard InChI is InChI=1S/C13H14N2OS/c1-3-11-9(2)14-13(17-11)15-12(16)10-7-5-4-6-8-10/h4-8H,3H2,1-2H3,(H,14,15,16). The highest BCUT2D eigenvalue weighted by Gasteiger charge is 2.10. The number of carbonyl (C=O) groups excluding carboxylic acids is 1. The van der Waals surface area contributed by atoms with E-state index >= 15 is 0 Å². The van der Waals surface area contributed by atoms with E-state index in [0.717, 1.165) is 12.1 Å². The van der Waals surface area contributed by atoms with Crippen LogP contribution in [0, 0.1) is 6.92 Å². The third-order valence-corrected chi connectivity index (χ3v) is 3.69. The molecule has 0 bridgehead atoms. The number of rotatable bonds is 3. The normalized spacial score (nSPS) is 10.2. The molecule has 0 spiro atoms. The van der Waals surface area contributed by atoms with Crippen LogP contribution >= 0.6 is 11.3 Å². The van der Waals surface area contributed by atoms with Crippen LogP contribution in [-0.2, 0) is 6.42 Å². The first-order valence-corrected chi connectivity index (χ1v) is 6.35. The molecular weight excluding hydrogens is 232 g/mol. The molecule has 1 aromatic carbocycles. The number of anilines is 1. The van der Waals surface area contributed by atoms with Gasteiger partial charge in [-0.25, -0.2) is 4.98 Å². The predicted molar refractivity (Wildman–Crippen MR) is 70.6 cm³/mol. The topological polar surface area (TPSA) is 42.0 Å². The van der Waals surface area contributed by atoms with Gasteiger partial charge in [0.15, 0.2) is 5.13 Å². The molecule has 0 atom stereocenters. The van der Waals surface area contributed by atoms with E-state index in [1.807, 2.05) is 25.1 Å². The highest BCUT2D eigenvalue weighted by Crippen LogP contribution is 2.23. The molecule has 0 aliphatic rings. The van der Waals surface area contributed by atoms with Crippen molar-refractivity contribution in [3.63, 3.8) is 0 Å². The molecule has 3 nitrogen and oxygen atoms in total. The van der Waals surface area contributed by atoms with E-state index in [1.54, 1.807) is 12.1 Å². The average Bonchev–Trinajstić information content (AvgIpc) is 2.70. The maximum atomic E-state index is 11.9. The Labute approximate surface area is 105 Å². The van der Waals surface area contributed by atoms with Crippen LogP contribution in [0.4, 0.5) is 5.13 Å². The summed E-state index contributed by atoms with van der Waals surface area (Å²) in [5, 5.41) is 3.50. The van der Waals surface area contributed by atoms with E-state index in [1.165, 1.54) is 16.2 Å². The van der Waals surface area contributed by atoms with E-state index in [0.29, 0.717) is 10.7 Å². The average molecular weight is 246 g/mol. The van der Waals surface area contributed by atoms with Crippen LogP contribution in [0.15, 0.2) is 30.3 Å². The van der Waals surface area contributed by atoms with Crippen LogP contribution in [0.5, 0.6) is 0 Å². The number of aromatic nitrogens is 1. The van der Waals surface area contributed by atoms with Gasteiger partial charge in [-0.3, -0.25) is 10.1 Å². The van der Waals surface area contributed by atoms with Gasteiger partial charge in [-0.1, -0.05) is 25.1 Å². The van der Waals surface area contributed by atoms with Gasteiger partial charge in [0.25, 0.3) is 5.91 Å². The summed E-state index contributed by atoms with van der Waals surface area (Å²) in [6, 6.07) is 9.16. The molecule has 1 N–H and O–H groups in total. The second kappa shape index (κ2) is 5.10. The van der Waals surface area contributed by atoms with Crippen LogP contribution in [0.3, 0.4) is 0 Å². The minimum Gasteiger partial charge on any atom is -0.298 e. The maximum absolute atomic E-state index is 11.9. The Balaban J connectivity index is 2.13. The minimum absolute atomic E-state index is 0.109. The van der Waals surface area contributed by atoms with Crippen molar-refractivity contribution >= 4 is 22.4 Å². The quantitative estimate of drug-likeness (QED) is 0.903. The number of nitrogens with zero attached hydrogens (tertiary/aromatic N) is 1. The van der Waals surface area contributed by atoms with Crippen LogP contribution in [0.25, 0.3) is 0 Å². The molecule has 0 unspecified atom stereocenters. The lowest BCUT2D eigenvalue weighted by molar-refractivity contribution is 0.102. The van der Waals surface area contributed by atoms with E-state index in [4.69, 9.17) is 0 Å². The zero-order valence-electron chi connectivity index (χ0n) is 9.86. The Morgan fingerprint density at radius 1 is 1.35 bits per heavy atom. The van der Waals surface area contributed by atoms with Gasteiger partial charge in [0.1, 0.15) is 0 Å². The zero-order chi connectivity index (χ0) is 12.3. The monoisotopic (exact) mass is 246 g/mol. The van der Waals surface area contributed by atoms with Gasteiger partial charge < -0.3 is 0 Å². The highest BCUT2D eigenvalue weighted by atomic mass is 32.1. The molecule has 1 aromatic heterocycles. The molecule has 88 valence electrons. The summed E-state index contributed by atoms with van der Waals surface area (Å²) in [6.07, 6.45) is 0.949. The molecule has 0 aliphatic heterocycles. The molecule has 17 heavy (non-hydrogen) atoms. The SMILES string of the molecule is CCc1sc(NC(=O)c2ccccc2)nc1C. The van der Waals surface area contributed by atoms with Crippen molar-refractivity contribution in [1.29, 1.82) is 0 Å². The van der Waals surface area contributed by atoms with Crippen molar-refractivity contribution in [3.05, 3.63) is 46.5 Å². The fourth-order valence-electron chi connectivity index (χ4n) is 1.57. The van der Waals surface area contributed by atoms with Crippen LogP contribution < -0.4 is 5.32 Å². The first-order valence-electron chi connectivity index (χ1n) is 5.53. The summed E-state index contributed by atoms with van der Waals surface area (Å²) in [5.74, 6) is -0.109. The number of thiazole rings is 1. The summed E-state index contributed by atoms with van der Waals surface area (Å²) in [4.78, 5) is 17.4. The Morgan fingerprint density at radius 3 is 2.65 bits per heavy atom. The Kier molecular flexibility index (Phi) is 3.54. The molecular formula is C13H14N2OS. The fraction of sp³-hybridized carbons (Fsp3) is 0.231. The number of nitrogens with one attached hydrogen (secondary N) is 1. The third-order valence-electron chi connectivity index (χ3n) is 2.47. The molecule has 0 fully saturated rings. The maximum Gasteiger partial charge on any atom is 0.257 e. The van der Waals surface area contributed by atoms with Crippen LogP contribution in [0.2, 0.25) is 0 Å². The largest absolute Gasteiger partial charge is 0.298 e. The molecule has 2 aromatic rings. The molecule has 0 saturated heterocycles. The first kappa shape index (κ1) is 11.8. The van der Waals surface area contributed by atoms with Gasteiger partial charge in [-0.2, -0.15) is 0 Å². The first-order chi connectivity index (χ1) is 8.20. The summed E-state index contributed by atoms with van der Waals surface area (Å²) in [5.41, 5.74) is 1.65. The predicted octanol–water partition coefficient (Wildman–Crippen LogP) is 3.27. The molecule has 1 amide bonds. The number of aryl methyl sites for hydroxylation is 2. The van der Waals surface area contributed by atoms with E-state index in [2.05, 4.69) is 17.2 Å². The molecule has 2 rings (SSSR count). The smallest absolute Gasteiger partial charge is 0.257 e. The van der Waals surface area contributed by atoms with Crippen molar-refractivity contribution in [3.8, 4) is 0 Å². The lowest BCUT2D eigenvalue weighted by Crippen LogP contribution is -2.11. The van der Waals surface area contributed by atoms with Gasteiger partial charge in [-0.15, -0.1) is 11.3 Å². The van der Waals surface area contributed by atoms with E-state index in [-0.39, 0.29) is 5.91 Å². The molecule has 4 heteroatoms. The third kappa shape index (κ3) is 2.71. The van der Waals surface area contributed by atoms with Crippen molar-refractivity contribution in [2.24, 2.45) is 0 Å². The van der Waals surface area contributed by atoms with E-state index < -0.39 is 0 Å². The van der Waals surface area contributed by atoms with Gasteiger partial charge in [-0.05, 0) is 25.5 Å². The summed E-state index contributed by atoms with van der Waals surface area (Å²) < 4.78 is 0. The highest BCUT2D eigenvalue weighted by molar-refractivity contribution is 7.15. The summed E-state index contributed by atoms with van der Waals surface area (Å²) >= 11 is 1.54. The van der Waals surface area contributed by atoms with Crippen molar-refractivity contribution < 1.29 is 4.79 Å². The number of amides is 1. The zero-order valence-corrected chi connectivity index (χ0v) is 10.7. The number of benzene rings is 1. The molecule has 1 heterocycles. The van der Waals surface area contributed by atoms with Gasteiger partial charge >= 0.3 is 0 Å². The minimum atomic E-state index is -0.109. The van der Waals surface area contributed by atoms with Crippen molar-refractivity contribution in [2.45, 2.75) is 20.3 Å². The van der Waals surface area contributed by atoms with Gasteiger partial charge in [0, 0.05) is 10.4 Å². The second-order valence-electron chi connectivity index (χ2n) is 3.70. The Hall–Kier alpha value is -1.68. The second-order valence-corrected chi connectivity index (χ2v) is 4.78. The fourth-order valence-corrected chi connectivity index (χ4v) is 2.47. The van der Waals surface area contributed by atoms with Crippen molar-refractivity contribution in [1.82, 2.24) is 4.98 Å². The molecule has 0 aliphatic carbocycles. The van der Waals surface area contributed by atoms with E-state index in [9.17, 15) is 4.79 Å². The van der Waals surface area contributed by atoms with Crippen molar-refractivity contribution in [2.75, 3.05) is 5.32 Å². The van der Waals surface area contributed by atoms with Crippen LogP contribution in [0.1, 0.15) is 27.9 Å². The Bertz CT molecular complexity index is 519. The lowest BCUT2D eigenvalue weighted by atomic mass is 10.2. The number of hydrogen-bond acceptors (Lipinski definition) is 3. The van der Waals surface area contributed by atoms with Gasteiger partial charge in [0.05, 0.1) is 5.69 Å². The summed E-state index contributed by atoms with van der Waals surface area (Å²) in [6.45, 7) is 4.05. The Morgan fingerprint density at radius 2 is 2.06 bits per heavy atom. The molecule has 0 radical (unpaired) electrons. The molecule has 0 saturated carbocycles. The number of carbonyl (C=O) groups is 1. The van der Waals surface area contributed by atoms with Crippen LogP contribution in [-0.4, -0.2) is 10.9 Å². The summed E-state index contributed by atoms with van der Waals surface area (Å²) in [7, 11) is 0. The number of hydrogen-bond donors (Lipinski definition) is 1. The van der Waals surface area contributed by atoms with Gasteiger partial charge in [0.2, 0.25) is 0 Å².